The van der Waals surface area contributed by atoms with Gasteiger partial charge in [0.15, 0.2) is 5.82 Å². The molecule has 4 rings (SSSR count). The number of amides is 1. The van der Waals surface area contributed by atoms with E-state index in [0.29, 0.717) is 24.3 Å². The number of pyridine rings is 1. The van der Waals surface area contributed by atoms with Gasteiger partial charge < -0.3 is 4.90 Å². The van der Waals surface area contributed by atoms with Crippen LogP contribution < -0.4 is 0 Å². The van der Waals surface area contributed by atoms with Crippen molar-refractivity contribution >= 4 is 5.91 Å². The van der Waals surface area contributed by atoms with Gasteiger partial charge >= 0.3 is 6.18 Å². The normalized spacial score (nSPS) is 14.1. The van der Waals surface area contributed by atoms with Crippen molar-refractivity contribution in [3.63, 3.8) is 0 Å². The number of carbonyl (C=O) groups is 1. The Labute approximate surface area is 159 Å². The first-order valence-corrected chi connectivity index (χ1v) is 8.79. The van der Waals surface area contributed by atoms with Gasteiger partial charge in [-0.1, -0.05) is 24.3 Å². The van der Waals surface area contributed by atoms with Gasteiger partial charge in [0.25, 0.3) is 5.91 Å². The number of fused-ring (bicyclic) bond motifs is 1. The molecule has 28 heavy (non-hydrogen) atoms. The molecule has 0 aliphatic carbocycles. The van der Waals surface area contributed by atoms with E-state index in [-0.39, 0.29) is 11.7 Å². The van der Waals surface area contributed by atoms with Crippen molar-refractivity contribution in [3.8, 4) is 5.82 Å². The van der Waals surface area contributed by atoms with Crippen LogP contribution in [-0.4, -0.2) is 32.1 Å². The van der Waals surface area contributed by atoms with Crippen LogP contribution in [0.1, 0.15) is 32.7 Å². The molecule has 3 heterocycles. The summed E-state index contributed by atoms with van der Waals surface area (Å²) in [6.07, 6.45) is -1.46. The zero-order valence-electron chi connectivity index (χ0n) is 15.1. The monoisotopic (exact) mass is 386 g/mol. The molecule has 0 bridgehead atoms. The molecule has 0 atom stereocenters. The molecule has 0 N–H and O–H groups in total. The Bertz CT molecular complexity index is 1020. The minimum atomic E-state index is -4.45. The lowest BCUT2D eigenvalue weighted by atomic mass is 9.99. The summed E-state index contributed by atoms with van der Waals surface area (Å²) >= 11 is 0. The third-order valence-electron chi connectivity index (χ3n) is 4.95. The van der Waals surface area contributed by atoms with Gasteiger partial charge in [0.05, 0.1) is 23.0 Å². The van der Waals surface area contributed by atoms with Gasteiger partial charge in [-0.05, 0) is 36.6 Å². The SMILES string of the molecule is Cc1c(C(=O)N2CCc3ccccc3C2)cnn1-c1ccc(C(F)(F)F)cn1. The number of carbonyl (C=O) groups excluding carboxylic acids is 1. The fraction of sp³-hybridized carbons (Fsp3) is 0.250. The Balaban J connectivity index is 1.58. The summed E-state index contributed by atoms with van der Waals surface area (Å²) in [6, 6.07) is 10.2. The molecule has 0 unspecified atom stereocenters. The van der Waals surface area contributed by atoms with Crippen LogP contribution in [0.3, 0.4) is 0 Å². The second kappa shape index (κ2) is 6.78. The van der Waals surface area contributed by atoms with E-state index in [2.05, 4.69) is 16.1 Å². The number of benzene rings is 1. The van der Waals surface area contributed by atoms with E-state index in [1.165, 1.54) is 22.5 Å². The second-order valence-electron chi connectivity index (χ2n) is 6.70. The van der Waals surface area contributed by atoms with E-state index >= 15 is 0 Å². The third-order valence-corrected chi connectivity index (χ3v) is 4.95. The molecule has 0 saturated carbocycles. The lowest BCUT2D eigenvalue weighted by Crippen LogP contribution is -2.36. The van der Waals surface area contributed by atoms with E-state index < -0.39 is 11.7 Å². The lowest BCUT2D eigenvalue weighted by Gasteiger charge is -2.28. The van der Waals surface area contributed by atoms with E-state index in [0.717, 1.165) is 24.2 Å². The van der Waals surface area contributed by atoms with Crippen molar-refractivity contribution in [3.05, 3.63) is 76.7 Å². The molecule has 1 aliphatic rings. The molecule has 0 saturated heterocycles. The molecule has 1 aromatic carbocycles. The summed E-state index contributed by atoms with van der Waals surface area (Å²) in [6.45, 7) is 2.84. The zero-order chi connectivity index (χ0) is 19.9. The topological polar surface area (TPSA) is 51.0 Å². The first kappa shape index (κ1) is 18.2. The van der Waals surface area contributed by atoms with Crippen LogP contribution in [0.4, 0.5) is 13.2 Å². The number of alkyl halides is 3. The fourth-order valence-electron chi connectivity index (χ4n) is 3.37. The largest absolute Gasteiger partial charge is 0.417 e. The molecule has 2 aromatic heterocycles. The van der Waals surface area contributed by atoms with Crippen LogP contribution in [-0.2, 0) is 19.1 Å². The summed E-state index contributed by atoms with van der Waals surface area (Å²) in [5.41, 5.74) is 2.49. The third kappa shape index (κ3) is 3.26. The second-order valence-corrected chi connectivity index (χ2v) is 6.70. The average Bonchev–Trinajstić information content (AvgIpc) is 3.08. The summed E-state index contributed by atoms with van der Waals surface area (Å²) in [7, 11) is 0. The Morgan fingerprint density at radius 3 is 2.50 bits per heavy atom. The number of halogens is 3. The van der Waals surface area contributed by atoms with Crippen LogP contribution in [0.25, 0.3) is 5.82 Å². The summed E-state index contributed by atoms with van der Waals surface area (Å²) in [5.74, 6) is 0.0821. The van der Waals surface area contributed by atoms with Crippen LogP contribution in [0.5, 0.6) is 0 Å². The van der Waals surface area contributed by atoms with Gasteiger partial charge in [-0.15, -0.1) is 0 Å². The van der Waals surface area contributed by atoms with Gasteiger partial charge in [-0.3, -0.25) is 4.79 Å². The van der Waals surface area contributed by atoms with Crippen molar-refractivity contribution in [2.75, 3.05) is 6.54 Å². The van der Waals surface area contributed by atoms with E-state index in [4.69, 9.17) is 0 Å². The highest BCUT2D eigenvalue weighted by atomic mass is 19.4. The van der Waals surface area contributed by atoms with E-state index in [1.54, 1.807) is 11.8 Å². The minimum Gasteiger partial charge on any atom is -0.334 e. The van der Waals surface area contributed by atoms with Crippen molar-refractivity contribution in [2.24, 2.45) is 0 Å². The number of hydrogen-bond donors (Lipinski definition) is 0. The van der Waals surface area contributed by atoms with E-state index in [9.17, 15) is 18.0 Å². The molecule has 0 spiro atoms. The van der Waals surface area contributed by atoms with Gasteiger partial charge in [0.1, 0.15) is 0 Å². The predicted molar refractivity (Wildman–Crippen MR) is 96.0 cm³/mol. The number of hydrogen-bond acceptors (Lipinski definition) is 3. The molecule has 144 valence electrons. The van der Waals surface area contributed by atoms with E-state index in [1.807, 2.05) is 18.2 Å². The Morgan fingerprint density at radius 2 is 1.82 bits per heavy atom. The quantitative estimate of drug-likeness (QED) is 0.673. The van der Waals surface area contributed by atoms with Crippen molar-refractivity contribution in [1.82, 2.24) is 19.7 Å². The molecular formula is C20H17F3N4O. The molecule has 1 amide bonds. The standard InChI is InChI=1S/C20H17F3N4O/c1-13-17(19(28)26-9-8-14-4-2-3-5-15(14)12-26)11-25-27(13)18-7-6-16(10-24-18)20(21,22)23/h2-7,10-11H,8-9,12H2,1H3. The average molecular weight is 386 g/mol. The Kier molecular flexibility index (Phi) is 4.41. The highest BCUT2D eigenvalue weighted by molar-refractivity contribution is 5.95. The summed E-state index contributed by atoms with van der Waals surface area (Å²) in [4.78, 5) is 18.6. The highest BCUT2D eigenvalue weighted by Gasteiger charge is 2.31. The molecule has 0 radical (unpaired) electrons. The molecule has 1 aliphatic heterocycles. The predicted octanol–water partition coefficient (Wildman–Crippen LogP) is 3.79. The number of aromatic nitrogens is 3. The maximum absolute atomic E-state index is 13.0. The van der Waals surface area contributed by atoms with Crippen LogP contribution in [0.15, 0.2) is 48.8 Å². The van der Waals surface area contributed by atoms with Crippen LogP contribution in [0.2, 0.25) is 0 Å². The maximum Gasteiger partial charge on any atom is 0.417 e. The fourth-order valence-corrected chi connectivity index (χ4v) is 3.37. The summed E-state index contributed by atoms with van der Waals surface area (Å²) < 4.78 is 39.5. The van der Waals surface area contributed by atoms with Crippen LogP contribution in [0, 0.1) is 6.92 Å². The van der Waals surface area contributed by atoms with Crippen LogP contribution >= 0.6 is 0 Å². The van der Waals surface area contributed by atoms with Gasteiger partial charge in [0.2, 0.25) is 0 Å². The summed E-state index contributed by atoms with van der Waals surface area (Å²) in [5, 5.41) is 4.16. The number of nitrogens with zero attached hydrogens (tertiary/aromatic N) is 4. The maximum atomic E-state index is 13.0. The smallest absolute Gasteiger partial charge is 0.334 e. The number of rotatable bonds is 2. The zero-order valence-corrected chi connectivity index (χ0v) is 15.1. The Hall–Kier alpha value is -3.16. The Morgan fingerprint density at radius 1 is 1.07 bits per heavy atom. The molecule has 3 aromatic rings. The van der Waals surface area contributed by atoms with Gasteiger partial charge in [0, 0.05) is 19.3 Å². The molecule has 0 fully saturated rings. The first-order valence-electron chi connectivity index (χ1n) is 8.79. The molecular weight excluding hydrogens is 369 g/mol. The van der Waals surface area contributed by atoms with Crippen molar-refractivity contribution in [2.45, 2.75) is 26.1 Å². The van der Waals surface area contributed by atoms with Gasteiger partial charge in [-0.25, -0.2) is 9.67 Å². The van der Waals surface area contributed by atoms with Crippen molar-refractivity contribution < 1.29 is 18.0 Å². The van der Waals surface area contributed by atoms with Gasteiger partial charge in [-0.2, -0.15) is 18.3 Å². The lowest BCUT2D eigenvalue weighted by molar-refractivity contribution is -0.137. The highest BCUT2D eigenvalue weighted by Crippen LogP contribution is 2.29. The van der Waals surface area contributed by atoms with Crippen molar-refractivity contribution in [1.29, 1.82) is 0 Å². The minimum absolute atomic E-state index is 0.148. The first-order chi connectivity index (χ1) is 13.3. The molecule has 5 nitrogen and oxygen atoms in total. The molecule has 8 heteroatoms.